The molecule has 2 N–H and O–H groups in total. The van der Waals surface area contributed by atoms with Crippen molar-refractivity contribution in [1.29, 1.82) is 0 Å². The normalized spacial score (nSPS) is 19.5. The average molecular weight is 284 g/mol. The molecule has 1 saturated heterocycles. The molecule has 1 atom stereocenters. The first-order chi connectivity index (χ1) is 9.02. The van der Waals surface area contributed by atoms with E-state index >= 15 is 0 Å². The van der Waals surface area contributed by atoms with E-state index in [-0.39, 0.29) is 11.8 Å². The van der Waals surface area contributed by atoms with Gasteiger partial charge in [-0.2, -0.15) is 4.98 Å². The molecule has 1 aromatic heterocycles. The number of aromatic nitrogens is 2. The van der Waals surface area contributed by atoms with Gasteiger partial charge in [-0.25, -0.2) is 4.98 Å². The molecule has 1 unspecified atom stereocenters. The predicted octanol–water partition coefficient (Wildman–Crippen LogP) is 0.731. The van der Waals surface area contributed by atoms with Gasteiger partial charge in [0, 0.05) is 20.5 Å². The Balaban J connectivity index is 2.17. The van der Waals surface area contributed by atoms with E-state index in [4.69, 9.17) is 11.6 Å². The maximum Gasteiger partial charge on any atom is 0.251 e. The molecular weight excluding hydrogens is 270 g/mol. The maximum atomic E-state index is 11.9. The number of hydrogen-bond acceptors (Lipinski definition) is 6. The summed E-state index contributed by atoms with van der Waals surface area (Å²) in [6.45, 7) is 0. The molecule has 0 saturated carbocycles. The number of nitrogens with zero attached hydrogens (tertiary/aromatic N) is 3. The number of carbonyl (C=O) groups excluding carboxylic acids is 2. The molecule has 7 nitrogen and oxygen atoms in total. The first kappa shape index (κ1) is 13.5. The van der Waals surface area contributed by atoms with Crippen LogP contribution < -0.4 is 10.6 Å². The zero-order valence-corrected chi connectivity index (χ0v) is 11.4. The third kappa shape index (κ3) is 2.76. The molecule has 2 heterocycles. The first-order valence-electron chi connectivity index (χ1n) is 5.80. The molecule has 2 rings (SSSR count). The average Bonchev–Trinajstić information content (AvgIpc) is 2.41. The number of hydrogen-bond donors (Lipinski definition) is 2. The molecule has 0 radical (unpaired) electrons. The summed E-state index contributed by atoms with van der Waals surface area (Å²) in [6.07, 6.45) is 2.20. The van der Waals surface area contributed by atoms with Gasteiger partial charge in [-0.05, 0) is 6.42 Å². The SMILES string of the molecule is CNc1ncc(Cl)c(NC2CCC(=O)N(C)C2=O)n1. The van der Waals surface area contributed by atoms with Crippen molar-refractivity contribution in [1.82, 2.24) is 14.9 Å². The van der Waals surface area contributed by atoms with Gasteiger partial charge >= 0.3 is 0 Å². The zero-order chi connectivity index (χ0) is 14.0. The number of likely N-dealkylation sites (N-methyl/N-ethyl adjacent to an activating group) is 1. The first-order valence-corrected chi connectivity index (χ1v) is 6.18. The maximum absolute atomic E-state index is 11.9. The molecule has 1 aliphatic heterocycles. The van der Waals surface area contributed by atoms with Gasteiger partial charge < -0.3 is 10.6 Å². The Morgan fingerprint density at radius 3 is 2.89 bits per heavy atom. The van der Waals surface area contributed by atoms with E-state index in [0.29, 0.717) is 29.6 Å². The number of amides is 2. The zero-order valence-electron chi connectivity index (χ0n) is 10.6. The molecule has 2 amide bonds. The van der Waals surface area contributed by atoms with Gasteiger partial charge in [0.25, 0.3) is 5.91 Å². The second kappa shape index (κ2) is 5.40. The van der Waals surface area contributed by atoms with Gasteiger partial charge in [0.15, 0.2) is 5.82 Å². The second-order valence-corrected chi connectivity index (χ2v) is 4.57. The van der Waals surface area contributed by atoms with Crippen LogP contribution >= 0.6 is 11.6 Å². The number of imide groups is 1. The minimum absolute atomic E-state index is 0.173. The highest BCUT2D eigenvalue weighted by Crippen LogP contribution is 2.23. The molecule has 1 fully saturated rings. The van der Waals surface area contributed by atoms with E-state index in [1.54, 1.807) is 7.05 Å². The Labute approximate surface area is 115 Å². The molecule has 0 bridgehead atoms. The van der Waals surface area contributed by atoms with Crippen molar-refractivity contribution >= 4 is 35.2 Å². The Hall–Kier alpha value is -1.89. The molecule has 8 heteroatoms. The quantitative estimate of drug-likeness (QED) is 0.795. The van der Waals surface area contributed by atoms with Crippen LogP contribution in [-0.2, 0) is 9.59 Å². The van der Waals surface area contributed by atoms with Gasteiger partial charge in [-0.1, -0.05) is 11.6 Å². The molecule has 102 valence electrons. The summed E-state index contributed by atoms with van der Waals surface area (Å²) < 4.78 is 0. The Morgan fingerprint density at radius 1 is 1.47 bits per heavy atom. The lowest BCUT2D eigenvalue weighted by Crippen LogP contribution is -2.48. The van der Waals surface area contributed by atoms with Crippen LogP contribution in [0.15, 0.2) is 6.20 Å². The molecule has 1 aromatic rings. The monoisotopic (exact) mass is 283 g/mol. The summed E-state index contributed by atoms with van der Waals surface area (Å²) in [6, 6.07) is -0.500. The van der Waals surface area contributed by atoms with Crippen molar-refractivity contribution in [2.24, 2.45) is 0 Å². The number of rotatable bonds is 3. The van der Waals surface area contributed by atoms with Crippen LogP contribution in [-0.4, -0.2) is 46.8 Å². The lowest BCUT2D eigenvalue weighted by atomic mass is 10.0. The molecule has 0 spiro atoms. The summed E-state index contributed by atoms with van der Waals surface area (Å²) in [5.74, 6) is 0.325. The number of anilines is 2. The van der Waals surface area contributed by atoms with E-state index in [1.165, 1.54) is 13.2 Å². The lowest BCUT2D eigenvalue weighted by molar-refractivity contribution is -0.146. The number of halogens is 1. The van der Waals surface area contributed by atoms with E-state index in [0.717, 1.165) is 4.90 Å². The lowest BCUT2D eigenvalue weighted by Gasteiger charge is -2.28. The fraction of sp³-hybridized carbons (Fsp3) is 0.455. The van der Waals surface area contributed by atoms with Crippen LogP contribution in [0.2, 0.25) is 5.02 Å². The molecular formula is C11H14ClN5O2. The minimum atomic E-state index is -0.500. The Kier molecular flexibility index (Phi) is 3.84. The minimum Gasteiger partial charge on any atom is -0.357 e. The Morgan fingerprint density at radius 2 is 2.21 bits per heavy atom. The highest BCUT2D eigenvalue weighted by Gasteiger charge is 2.32. The van der Waals surface area contributed by atoms with Gasteiger partial charge in [-0.15, -0.1) is 0 Å². The van der Waals surface area contributed by atoms with E-state index in [9.17, 15) is 9.59 Å². The summed E-state index contributed by atoms with van der Waals surface area (Å²) in [7, 11) is 3.16. The number of nitrogens with one attached hydrogen (secondary N) is 2. The highest BCUT2D eigenvalue weighted by molar-refractivity contribution is 6.32. The third-order valence-corrected chi connectivity index (χ3v) is 3.20. The van der Waals surface area contributed by atoms with Crippen LogP contribution in [0, 0.1) is 0 Å². The Bertz CT molecular complexity index is 522. The van der Waals surface area contributed by atoms with Crippen molar-refractivity contribution in [3.8, 4) is 0 Å². The molecule has 1 aliphatic rings. The molecule has 19 heavy (non-hydrogen) atoms. The van der Waals surface area contributed by atoms with Gasteiger partial charge in [0.2, 0.25) is 11.9 Å². The van der Waals surface area contributed by atoms with Crippen molar-refractivity contribution in [3.63, 3.8) is 0 Å². The van der Waals surface area contributed by atoms with Crippen molar-refractivity contribution in [3.05, 3.63) is 11.2 Å². The van der Waals surface area contributed by atoms with Crippen LogP contribution in [0.25, 0.3) is 0 Å². The standard InChI is InChI=1S/C11H14ClN5O2/c1-13-11-14-5-6(12)9(16-11)15-7-3-4-8(18)17(2)10(7)19/h5,7H,3-4H2,1-2H3,(H2,13,14,15,16). The van der Waals surface area contributed by atoms with Gasteiger partial charge in [0.05, 0.1) is 6.20 Å². The largest absolute Gasteiger partial charge is 0.357 e. The predicted molar refractivity (Wildman–Crippen MR) is 71.0 cm³/mol. The number of likely N-dealkylation sites (tertiary alicyclic amines) is 1. The fourth-order valence-corrected chi connectivity index (χ4v) is 1.95. The van der Waals surface area contributed by atoms with Gasteiger partial charge in [-0.3, -0.25) is 14.5 Å². The highest BCUT2D eigenvalue weighted by atomic mass is 35.5. The van der Waals surface area contributed by atoms with E-state index in [1.807, 2.05) is 0 Å². The third-order valence-electron chi connectivity index (χ3n) is 2.93. The van der Waals surface area contributed by atoms with Crippen molar-refractivity contribution in [2.45, 2.75) is 18.9 Å². The fourth-order valence-electron chi connectivity index (χ4n) is 1.80. The summed E-state index contributed by atoms with van der Waals surface area (Å²) >= 11 is 5.98. The van der Waals surface area contributed by atoms with E-state index in [2.05, 4.69) is 20.6 Å². The van der Waals surface area contributed by atoms with Crippen LogP contribution in [0.1, 0.15) is 12.8 Å². The van der Waals surface area contributed by atoms with Crippen LogP contribution in [0.4, 0.5) is 11.8 Å². The number of carbonyl (C=O) groups is 2. The molecule has 0 aromatic carbocycles. The smallest absolute Gasteiger partial charge is 0.251 e. The van der Waals surface area contributed by atoms with E-state index < -0.39 is 6.04 Å². The topological polar surface area (TPSA) is 87.2 Å². The van der Waals surface area contributed by atoms with Crippen LogP contribution in [0.5, 0.6) is 0 Å². The van der Waals surface area contributed by atoms with Crippen LogP contribution in [0.3, 0.4) is 0 Å². The summed E-state index contributed by atoms with van der Waals surface area (Å²) in [4.78, 5) is 32.5. The second-order valence-electron chi connectivity index (χ2n) is 4.17. The van der Waals surface area contributed by atoms with Crippen molar-refractivity contribution < 1.29 is 9.59 Å². The van der Waals surface area contributed by atoms with Crippen molar-refractivity contribution in [2.75, 3.05) is 24.7 Å². The number of piperidine rings is 1. The van der Waals surface area contributed by atoms with Gasteiger partial charge in [0.1, 0.15) is 11.1 Å². The summed E-state index contributed by atoms with van der Waals surface area (Å²) in [5.41, 5.74) is 0. The summed E-state index contributed by atoms with van der Waals surface area (Å²) in [5, 5.41) is 6.07. The molecule has 0 aliphatic carbocycles.